The molecule has 3 rings (SSSR count). The maximum Gasteiger partial charge on any atom is 0.397 e. The molecule has 0 radical (unpaired) electrons. The van der Waals surface area contributed by atoms with Crippen LogP contribution >= 0.6 is 0 Å². The highest BCUT2D eigenvalue weighted by molar-refractivity contribution is 7.80. The third kappa shape index (κ3) is 12.2. The molecule has 2 saturated heterocycles. The van der Waals surface area contributed by atoms with Crippen LogP contribution in [-0.4, -0.2) is 124 Å². The number of methoxy groups -OCH3 is 1. The van der Waals surface area contributed by atoms with Crippen molar-refractivity contribution in [1.29, 1.82) is 0 Å². The first-order chi connectivity index (χ1) is 23.9. The lowest BCUT2D eigenvalue weighted by Gasteiger charge is -2.48. The summed E-state index contributed by atoms with van der Waals surface area (Å²) in [6, 6.07) is 7.01. The van der Waals surface area contributed by atoms with Gasteiger partial charge in [0, 0.05) is 34.6 Å². The highest BCUT2D eigenvalue weighted by atomic mass is 32.3. The molecule has 2 N–H and O–H groups in total. The smallest absolute Gasteiger partial charge is 0.397 e. The van der Waals surface area contributed by atoms with E-state index in [1.807, 2.05) is 0 Å². The van der Waals surface area contributed by atoms with E-state index in [0.717, 1.165) is 41.7 Å². The minimum Gasteiger partial charge on any atom is -0.467 e. The Morgan fingerprint density at radius 1 is 0.765 bits per heavy atom. The van der Waals surface area contributed by atoms with Gasteiger partial charge in [0.2, 0.25) is 5.91 Å². The van der Waals surface area contributed by atoms with Gasteiger partial charge in [-0.2, -0.15) is 8.42 Å². The zero-order valence-corrected chi connectivity index (χ0v) is 29.1. The molecule has 1 amide bonds. The molecule has 10 atom stereocenters. The van der Waals surface area contributed by atoms with Crippen molar-refractivity contribution in [3.05, 3.63) is 35.9 Å². The SMILES string of the molecule is COC(=O)[C@H]1O[C@@H](O[C@@H]2[C@@H](NC(C)=O)[C@H](OCc3ccccc3)O[C@H](COC(C)=O)[C@@H]2OS(=O)(=O)O)[C@H](OC(C)=O)[C@@H](OC(C)=O)[C@@H]1OC(C)=O. The van der Waals surface area contributed by atoms with Crippen LogP contribution in [0.4, 0.5) is 0 Å². The van der Waals surface area contributed by atoms with E-state index in [2.05, 4.69) is 5.32 Å². The van der Waals surface area contributed by atoms with Crippen molar-refractivity contribution in [3.63, 3.8) is 0 Å². The van der Waals surface area contributed by atoms with Crippen molar-refractivity contribution in [3.8, 4) is 0 Å². The number of benzene rings is 1. The Labute approximate surface area is 292 Å². The van der Waals surface area contributed by atoms with E-state index in [9.17, 15) is 41.7 Å². The third-order valence-electron chi connectivity index (χ3n) is 7.08. The molecule has 284 valence electrons. The second-order valence-corrected chi connectivity index (χ2v) is 12.2. The lowest BCUT2D eigenvalue weighted by Crippen LogP contribution is -2.69. The van der Waals surface area contributed by atoms with Gasteiger partial charge >= 0.3 is 40.2 Å². The number of carbonyl (C=O) groups is 6. The number of carbonyl (C=O) groups excluding carboxylic acids is 6. The number of ether oxygens (including phenoxy) is 9. The molecule has 0 aromatic heterocycles. The minimum atomic E-state index is -5.38. The summed E-state index contributed by atoms with van der Waals surface area (Å²) in [4.78, 5) is 74.0. The average molecular weight is 750 g/mol. The quantitative estimate of drug-likeness (QED) is 0.135. The largest absolute Gasteiger partial charge is 0.467 e. The van der Waals surface area contributed by atoms with Gasteiger partial charge in [-0.05, 0) is 5.56 Å². The summed E-state index contributed by atoms with van der Waals surface area (Å²) in [5.74, 6) is -5.74. The van der Waals surface area contributed by atoms with Crippen molar-refractivity contribution in [2.45, 2.75) is 103 Å². The van der Waals surface area contributed by atoms with Crippen LogP contribution < -0.4 is 5.32 Å². The highest BCUT2D eigenvalue weighted by Gasteiger charge is 2.58. The molecule has 0 aliphatic carbocycles. The maximum atomic E-state index is 13.0. The Balaban J connectivity index is 2.21. The van der Waals surface area contributed by atoms with E-state index in [0.29, 0.717) is 5.56 Å². The molecular weight excluding hydrogens is 710 g/mol. The molecule has 20 nitrogen and oxygen atoms in total. The number of amides is 1. The summed E-state index contributed by atoms with van der Waals surface area (Å²) >= 11 is 0. The van der Waals surface area contributed by atoms with Crippen LogP contribution in [0.15, 0.2) is 30.3 Å². The fraction of sp³-hybridized carbons (Fsp3) is 0.600. The van der Waals surface area contributed by atoms with Crippen molar-refractivity contribution in [1.82, 2.24) is 5.32 Å². The van der Waals surface area contributed by atoms with E-state index in [1.54, 1.807) is 30.3 Å². The van der Waals surface area contributed by atoms with Gasteiger partial charge < -0.3 is 47.9 Å². The van der Waals surface area contributed by atoms with Gasteiger partial charge in [0.05, 0.1) is 13.7 Å². The van der Waals surface area contributed by atoms with Gasteiger partial charge in [-0.25, -0.2) is 8.98 Å². The molecule has 2 fully saturated rings. The summed E-state index contributed by atoms with van der Waals surface area (Å²) in [6.07, 6.45) is -16.5. The molecule has 1 aromatic rings. The molecule has 0 spiro atoms. The molecule has 0 saturated carbocycles. The van der Waals surface area contributed by atoms with Crippen LogP contribution in [0.25, 0.3) is 0 Å². The van der Waals surface area contributed by atoms with Crippen LogP contribution in [0.1, 0.15) is 40.2 Å². The molecule has 51 heavy (non-hydrogen) atoms. The third-order valence-corrected chi connectivity index (χ3v) is 7.55. The first kappa shape index (κ1) is 41.2. The van der Waals surface area contributed by atoms with Gasteiger partial charge in [-0.1, -0.05) is 30.3 Å². The van der Waals surface area contributed by atoms with E-state index in [-0.39, 0.29) is 6.61 Å². The Hall–Kier alpha value is -4.25. The molecule has 21 heteroatoms. The number of esters is 5. The predicted octanol–water partition coefficient (Wildman–Crippen LogP) is -0.738. The Morgan fingerprint density at radius 2 is 1.35 bits per heavy atom. The first-order valence-electron chi connectivity index (χ1n) is 15.2. The van der Waals surface area contributed by atoms with Gasteiger partial charge in [-0.3, -0.25) is 28.5 Å². The zero-order valence-electron chi connectivity index (χ0n) is 28.3. The van der Waals surface area contributed by atoms with Gasteiger partial charge in [0.1, 0.15) is 31.0 Å². The highest BCUT2D eigenvalue weighted by Crippen LogP contribution is 2.35. The van der Waals surface area contributed by atoms with Crippen LogP contribution in [0.2, 0.25) is 0 Å². The van der Waals surface area contributed by atoms with E-state index in [4.69, 9.17) is 46.8 Å². The van der Waals surface area contributed by atoms with Gasteiger partial charge in [0.15, 0.2) is 37.0 Å². The summed E-state index contributed by atoms with van der Waals surface area (Å²) in [7, 11) is -4.43. The molecular formula is C30H39NO19S. The first-order valence-corrected chi connectivity index (χ1v) is 16.5. The zero-order chi connectivity index (χ0) is 38.0. The number of rotatable bonds is 14. The maximum absolute atomic E-state index is 13.0. The molecule has 2 heterocycles. The fourth-order valence-corrected chi connectivity index (χ4v) is 5.80. The van der Waals surface area contributed by atoms with E-state index < -0.39 is 114 Å². The monoisotopic (exact) mass is 749 g/mol. The second kappa shape index (κ2) is 18.3. The Morgan fingerprint density at radius 3 is 1.88 bits per heavy atom. The Bertz CT molecular complexity index is 1520. The minimum absolute atomic E-state index is 0.155. The normalized spacial score (nSPS) is 29.2. The number of hydrogen-bond donors (Lipinski definition) is 2. The molecule has 2 aliphatic rings. The fourth-order valence-electron chi connectivity index (χ4n) is 5.28. The predicted molar refractivity (Wildman–Crippen MR) is 163 cm³/mol. The second-order valence-electron chi connectivity index (χ2n) is 11.1. The summed E-state index contributed by atoms with van der Waals surface area (Å²) in [5.41, 5.74) is 0.625. The van der Waals surface area contributed by atoms with Crippen LogP contribution in [0, 0.1) is 0 Å². The van der Waals surface area contributed by atoms with Crippen molar-refractivity contribution >= 4 is 46.2 Å². The number of nitrogens with one attached hydrogen (secondary N) is 1. The molecule has 1 aromatic carbocycles. The van der Waals surface area contributed by atoms with Crippen molar-refractivity contribution in [2.75, 3.05) is 13.7 Å². The molecule has 0 bridgehead atoms. The van der Waals surface area contributed by atoms with Crippen molar-refractivity contribution < 1.29 is 88.6 Å². The van der Waals surface area contributed by atoms with Crippen molar-refractivity contribution in [2.24, 2.45) is 0 Å². The standard InChI is InChI=1S/C30H39NO19S/c1-14(32)31-21-23(22(50-51(38,39)40)20(13-42-15(2)33)47-29(21)43-12-19-10-8-7-9-11-19)48-30-27(46-18(5)36)25(45-17(4)35)24(44-16(3)34)26(49-30)28(37)41-6/h7-11,20-27,29-30H,12-13H2,1-6H3,(H,31,32)(H,38,39,40)/t20-,21-,22+,23-,24+,25+,26+,27-,29-,30-/m1/s1. The van der Waals surface area contributed by atoms with E-state index in [1.165, 1.54) is 0 Å². The average Bonchev–Trinajstić information content (AvgIpc) is 3.02. The van der Waals surface area contributed by atoms with E-state index >= 15 is 0 Å². The number of hydrogen-bond acceptors (Lipinski definition) is 18. The summed E-state index contributed by atoms with van der Waals surface area (Å²) in [6.45, 7) is 4.14. The lowest BCUT2D eigenvalue weighted by atomic mass is 9.94. The molecule has 2 aliphatic heterocycles. The van der Waals surface area contributed by atoms with Gasteiger partial charge in [0.25, 0.3) is 0 Å². The van der Waals surface area contributed by atoms with Crippen LogP contribution in [0.5, 0.6) is 0 Å². The summed E-state index contributed by atoms with van der Waals surface area (Å²) < 4.78 is 88.8. The molecule has 0 unspecified atom stereocenters. The summed E-state index contributed by atoms with van der Waals surface area (Å²) in [5, 5.41) is 2.50. The van der Waals surface area contributed by atoms with Gasteiger partial charge in [-0.15, -0.1) is 0 Å². The van der Waals surface area contributed by atoms with Crippen LogP contribution in [0.3, 0.4) is 0 Å². The van der Waals surface area contributed by atoms with Crippen LogP contribution in [-0.2, 0) is 92.6 Å². The topological polar surface area (TPSA) is 261 Å². The Kier molecular flexibility index (Phi) is 14.8. The lowest BCUT2D eigenvalue weighted by molar-refractivity contribution is -0.341.